The number of carbonyl (C=O) groups excluding carboxylic acids is 1. The van der Waals surface area contributed by atoms with E-state index in [4.69, 9.17) is 5.73 Å². The van der Waals surface area contributed by atoms with Gasteiger partial charge in [0, 0.05) is 12.6 Å². The number of rotatable bonds is 8. The van der Waals surface area contributed by atoms with E-state index in [0.717, 1.165) is 23.8 Å². The monoisotopic (exact) mass is 336 g/mol. The molecule has 1 unspecified atom stereocenters. The van der Waals surface area contributed by atoms with Crippen LogP contribution in [0.3, 0.4) is 0 Å². The second-order valence-corrected chi connectivity index (χ2v) is 7.20. The van der Waals surface area contributed by atoms with Crippen molar-refractivity contribution in [3.63, 3.8) is 0 Å². The van der Waals surface area contributed by atoms with E-state index in [0.29, 0.717) is 6.54 Å². The fraction of sp³-hybridized carbons (Fsp3) is 0.500. The second kappa shape index (κ2) is 6.83. The first-order chi connectivity index (χ1) is 9.69. The number of carbonyl (C=O) groups is 1. The van der Waals surface area contributed by atoms with Crippen molar-refractivity contribution in [2.75, 3.05) is 11.9 Å². The minimum atomic E-state index is -4.04. The lowest BCUT2D eigenvalue weighted by Crippen LogP contribution is -2.41. The Bertz CT molecular complexity index is 640. The summed E-state index contributed by atoms with van der Waals surface area (Å²) >= 11 is 0.733. The molecule has 0 aliphatic heterocycles. The SMILES string of the molecule is CCCNc1sc(S(=O)(=O)NC(C)C(N)=O)cc1[N+](=O)[O-]. The van der Waals surface area contributed by atoms with Crippen LogP contribution in [0.1, 0.15) is 20.3 Å². The van der Waals surface area contributed by atoms with Gasteiger partial charge in [-0.15, -0.1) is 0 Å². The van der Waals surface area contributed by atoms with E-state index in [1.807, 2.05) is 6.92 Å². The summed E-state index contributed by atoms with van der Waals surface area (Å²) in [6.45, 7) is 3.64. The Morgan fingerprint density at radius 3 is 2.67 bits per heavy atom. The number of thiophene rings is 1. The molecule has 1 heterocycles. The zero-order valence-corrected chi connectivity index (χ0v) is 13.1. The van der Waals surface area contributed by atoms with E-state index in [9.17, 15) is 23.3 Å². The molecule has 1 atom stereocenters. The average Bonchev–Trinajstić information content (AvgIpc) is 2.80. The predicted octanol–water partition coefficient (Wildman–Crippen LogP) is 0.630. The first-order valence-electron chi connectivity index (χ1n) is 6.02. The molecule has 1 aromatic rings. The molecule has 1 amide bonds. The Morgan fingerprint density at radius 1 is 1.57 bits per heavy atom. The predicted molar refractivity (Wildman–Crippen MR) is 78.7 cm³/mol. The summed E-state index contributed by atoms with van der Waals surface area (Å²) in [5, 5.41) is 13.9. The van der Waals surface area contributed by atoms with E-state index < -0.39 is 26.9 Å². The smallest absolute Gasteiger partial charge is 0.304 e. The van der Waals surface area contributed by atoms with Crippen LogP contribution >= 0.6 is 11.3 Å². The molecule has 0 aliphatic carbocycles. The van der Waals surface area contributed by atoms with Gasteiger partial charge < -0.3 is 11.1 Å². The van der Waals surface area contributed by atoms with Crippen LogP contribution in [0.2, 0.25) is 0 Å². The quantitative estimate of drug-likeness (QED) is 0.469. The number of amides is 1. The molecule has 0 aromatic carbocycles. The molecule has 0 radical (unpaired) electrons. The van der Waals surface area contributed by atoms with Gasteiger partial charge in [-0.2, -0.15) is 4.72 Å². The van der Waals surface area contributed by atoms with E-state index >= 15 is 0 Å². The molecule has 0 spiro atoms. The minimum Gasteiger partial charge on any atom is -0.371 e. The average molecular weight is 336 g/mol. The molecule has 0 saturated carbocycles. The molecule has 11 heteroatoms. The number of nitrogens with zero attached hydrogens (tertiary/aromatic N) is 1. The van der Waals surface area contributed by atoms with E-state index in [1.165, 1.54) is 6.92 Å². The Morgan fingerprint density at radius 2 is 2.19 bits per heavy atom. The van der Waals surface area contributed by atoms with E-state index in [1.54, 1.807) is 0 Å². The third kappa shape index (κ3) is 4.37. The van der Waals surface area contributed by atoms with Crippen LogP contribution in [0.5, 0.6) is 0 Å². The molecule has 0 aliphatic rings. The van der Waals surface area contributed by atoms with E-state index in [2.05, 4.69) is 10.0 Å². The summed E-state index contributed by atoms with van der Waals surface area (Å²) < 4.78 is 25.9. The number of nitro groups is 1. The lowest BCUT2D eigenvalue weighted by molar-refractivity contribution is -0.383. The summed E-state index contributed by atoms with van der Waals surface area (Å²) in [6.07, 6.45) is 0.730. The van der Waals surface area contributed by atoms with Gasteiger partial charge in [0.25, 0.3) is 10.0 Å². The highest BCUT2D eigenvalue weighted by Gasteiger charge is 2.28. The topological polar surface area (TPSA) is 144 Å². The molecule has 0 fully saturated rings. The van der Waals surface area contributed by atoms with Crippen LogP contribution < -0.4 is 15.8 Å². The lowest BCUT2D eigenvalue weighted by Gasteiger charge is -2.08. The standard InChI is InChI=1S/C10H16N4O5S2/c1-3-4-12-10-7(14(16)17)5-8(20-10)21(18,19)13-6(2)9(11)15/h5-6,12-13H,3-4H2,1-2H3,(H2,11,15). The minimum absolute atomic E-state index is 0.161. The van der Waals surface area contributed by atoms with Crippen molar-refractivity contribution in [3.8, 4) is 0 Å². The number of primary amides is 1. The lowest BCUT2D eigenvalue weighted by atomic mass is 10.4. The molecule has 9 nitrogen and oxygen atoms in total. The van der Waals surface area contributed by atoms with E-state index in [-0.39, 0.29) is 14.9 Å². The molecule has 21 heavy (non-hydrogen) atoms. The number of hydrogen-bond acceptors (Lipinski definition) is 7. The molecule has 118 valence electrons. The van der Waals surface area contributed by atoms with Gasteiger partial charge >= 0.3 is 5.69 Å². The fourth-order valence-electron chi connectivity index (χ4n) is 1.34. The number of nitrogens with one attached hydrogen (secondary N) is 2. The highest BCUT2D eigenvalue weighted by atomic mass is 32.2. The maximum Gasteiger partial charge on any atom is 0.304 e. The molecular weight excluding hydrogens is 320 g/mol. The van der Waals surface area contributed by atoms with Gasteiger partial charge in [0.2, 0.25) is 5.91 Å². The summed E-state index contributed by atoms with van der Waals surface area (Å²) in [6, 6.07) is -0.151. The van der Waals surface area contributed by atoms with Gasteiger partial charge in [-0.05, 0) is 13.3 Å². The first-order valence-corrected chi connectivity index (χ1v) is 8.32. The molecule has 1 aromatic heterocycles. The maximum atomic E-state index is 12.1. The van der Waals surface area contributed by atoms with Gasteiger partial charge in [0.05, 0.1) is 11.0 Å². The number of nitrogens with two attached hydrogens (primary N) is 1. The van der Waals surface area contributed by atoms with Gasteiger partial charge in [-0.25, -0.2) is 8.42 Å². The Labute approximate surface area is 125 Å². The number of hydrogen-bond donors (Lipinski definition) is 3. The normalized spacial score (nSPS) is 12.9. The van der Waals surface area contributed by atoms with Crippen molar-refractivity contribution in [3.05, 3.63) is 16.2 Å². The Kier molecular flexibility index (Phi) is 5.63. The van der Waals surface area contributed by atoms with Crippen LogP contribution in [0.25, 0.3) is 0 Å². The zero-order chi connectivity index (χ0) is 16.2. The van der Waals surface area contributed by atoms with Crippen LogP contribution in [0.15, 0.2) is 10.3 Å². The number of sulfonamides is 1. The third-order valence-electron chi connectivity index (χ3n) is 2.45. The van der Waals surface area contributed by atoms with Gasteiger partial charge in [0.1, 0.15) is 4.21 Å². The van der Waals surface area contributed by atoms with Crippen molar-refractivity contribution in [1.82, 2.24) is 4.72 Å². The van der Waals surface area contributed by atoms with Crippen molar-refractivity contribution in [2.24, 2.45) is 5.73 Å². The Hall–Kier alpha value is -1.72. The highest BCUT2D eigenvalue weighted by Crippen LogP contribution is 2.36. The summed E-state index contributed by atoms with van der Waals surface area (Å²) in [7, 11) is -4.04. The van der Waals surface area contributed by atoms with Crippen molar-refractivity contribution in [2.45, 2.75) is 30.5 Å². The van der Waals surface area contributed by atoms with Gasteiger partial charge in [-0.1, -0.05) is 18.3 Å². The van der Waals surface area contributed by atoms with Crippen molar-refractivity contribution in [1.29, 1.82) is 0 Å². The van der Waals surface area contributed by atoms with Gasteiger partial charge in [0.15, 0.2) is 5.00 Å². The van der Waals surface area contributed by atoms with Crippen LogP contribution in [0.4, 0.5) is 10.7 Å². The zero-order valence-electron chi connectivity index (χ0n) is 11.5. The summed E-state index contributed by atoms with van der Waals surface area (Å²) in [5.74, 6) is -0.839. The molecule has 0 bridgehead atoms. The molecular formula is C10H16N4O5S2. The molecule has 1 rings (SSSR count). The number of anilines is 1. The van der Waals surface area contributed by atoms with Crippen LogP contribution in [-0.2, 0) is 14.8 Å². The first kappa shape index (κ1) is 17.3. The van der Waals surface area contributed by atoms with Crippen LogP contribution in [-0.4, -0.2) is 31.8 Å². The molecule has 0 saturated heterocycles. The molecule has 4 N–H and O–H groups in total. The highest BCUT2D eigenvalue weighted by molar-refractivity contribution is 7.91. The second-order valence-electron chi connectivity index (χ2n) is 4.21. The van der Waals surface area contributed by atoms with Crippen LogP contribution in [0, 0.1) is 10.1 Å². The van der Waals surface area contributed by atoms with Crippen molar-refractivity contribution >= 4 is 38.0 Å². The summed E-state index contributed by atoms with van der Waals surface area (Å²) in [5.41, 5.74) is 4.67. The van der Waals surface area contributed by atoms with Crippen molar-refractivity contribution < 1.29 is 18.1 Å². The maximum absolute atomic E-state index is 12.1. The Balaban J connectivity index is 3.12. The largest absolute Gasteiger partial charge is 0.371 e. The van der Waals surface area contributed by atoms with Gasteiger partial charge in [-0.3, -0.25) is 14.9 Å². The summed E-state index contributed by atoms with van der Waals surface area (Å²) in [4.78, 5) is 21.2. The fourth-order valence-corrected chi connectivity index (χ4v) is 3.92. The third-order valence-corrected chi connectivity index (χ3v) is 5.54.